The van der Waals surface area contributed by atoms with Crippen LogP contribution in [0.4, 0.5) is 0 Å². The first-order chi connectivity index (χ1) is 9.56. The predicted octanol–water partition coefficient (Wildman–Crippen LogP) is 1.20. The molecule has 0 aliphatic heterocycles. The largest absolute Gasteiger partial charge is 0.480 e. The molecule has 1 aromatic heterocycles. The molecule has 0 spiro atoms. The monoisotopic (exact) mass is 282 g/mol. The van der Waals surface area contributed by atoms with Gasteiger partial charge in [0.15, 0.2) is 0 Å². The average Bonchev–Trinajstić information content (AvgIpc) is 2.84. The zero-order valence-electron chi connectivity index (χ0n) is 12.0. The lowest BCUT2D eigenvalue weighted by atomic mass is 9.98. The number of carboxylic acid groups (broad SMARTS) is 1. The number of unbranched alkanes of at least 4 members (excludes halogenated alkanes) is 1. The van der Waals surface area contributed by atoms with Gasteiger partial charge in [-0.25, -0.2) is 4.68 Å². The molecule has 0 radical (unpaired) electrons. The highest BCUT2D eigenvalue weighted by molar-refractivity contribution is 5.78. The molecular weight excluding hydrogens is 260 g/mol. The predicted molar refractivity (Wildman–Crippen MR) is 72.8 cm³/mol. The number of carboxylic acids is 1. The Balaban J connectivity index is 2.43. The van der Waals surface area contributed by atoms with E-state index < -0.39 is 5.97 Å². The molecule has 0 fully saturated rings. The van der Waals surface area contributed by atoms with Gasteiger partial charge in [0.2, 0.25) is 5.91 Å². The second-order valence-electron chi connectivity index (χ2n) is 4.77. The number of rotatable bonds is 9. The molecule has 1 atom stereocenters. The Morgan fingerprint density at radius 3 is 2.80 bits per heavy atom. The first-order valence-electron chi connectivity index (χ1n) is 6.95. The third-order valence-electron chi connectivity index (χ3n) is 3.10. The van der Waals surface area contributed by atoms with E-state index in [2.05, 4.69) is 22.6 Å². The SMILES string of the molecule is CCCCC(CC)C(=O)NCc1cn(CC(=O)O)nn1. The number of aromatic nitrogens is 3. The summed E-state index contributed by atoms with van der Waals surface area (Å²) >= 11 is 0. The maximum atomic E-state index is 12.0. The fraction of sp³-hybridized carbons (Fsp3) is 0.692. The lowest BCUT2D eigenvalue weighted by molar-refractivity contribution is -0.138. The smallest absolute Gasteiger partial charge is 0.325 e. The number of hydrogen-bond acceptors (Lipinski definition) is 4. The van der Waals surface area contributed by atoms with Crippen LogP contribution in [-0.4, -0.2) is 32.0 Å². The molecule has 20 heavy (non-hydrogen) atoms. The fourth-order valence-corrected chi connectivity index (χ4v) is 1.93. The number of amides is 1. The van der Waals surface area contributed by atoms with E-state index in [1.807, 2.05) is 6.92 Å². The van der Waals surface area contributed by atoms with E-state index in [1.165, 1.54) is 10.9 Å². The Bertz CT molecular complexity index is 445. The maximum absolute atomic E-state index is 12.0. The van der Waals surface area contributed by atoms with Gasteiger partial charge in [0.1, 0.15) is 12.2 Å². The Morgan fingerprint density at radius 2 is 2.20 bits per heavy atom. The lowest BCUT2D eigenvalue weighted by Crippen LogP contribution is -2.30. The Labute approximate surface area is 118 Å². The number of carbonyl (C=O) groups excluding carboxylic acids is 1. The van der Waals surface area contributed by atoms with Crippen LogP contribution in [0.5, 0.6) is 0 Å². The summed E-state index contributed by atoms with van der Waals surface area (Å²) in [6.07, 6.45) is 5.36. The molecule has 7 heteroatoms. The first kappa shape index (κ1) is 16.1. The summed E-state index contributed by atoms with van der Waals surface area (Å²) in [5.41, 5.74) is 0.560. The van der Waals surface area contributed by atoms with Gasteiger partial charge in [0.25, 0.3) is 0 Å². The van der Waals surface area contributed by atoms with Crippen LogP contribution in [-0.2, 0) is 22.7 Å². The molecule has 0 aliphatic carbocycles. The van der Waals surface area contributed by atoms with Crippen LogP contribution >= 0.6 is 0 Å². The van der Waals surface area contributed by atoms with Crippen LogP contribution in [0.15, 0.2) is 6.20 Å². The van der Waals surface area contributed by atoms with Crippen LogP contribution in [0.3, 0.4) is 0 Å². The highest BCUT2D eigenvalue weighted by Crippen LogP contribution is 2.12. The Kier molecular flexibility index (Phi) is 6.69. The molecule has 7 nitrogen and oxygen atoms in total. The van der Waals surface area contributed by atoms with Crippen molar-refractivity contribution in [3.05, 3.63) is 11.9 Å². The van der Waals surface area contributed by atoms with Crippen molar-refractivity contribution in [2.75, 3.05) is 0 Å². The molecule has 1 aromatic rings. The normalized spacial score (nSPS) is 12.1. The summed E-state index contributed by atoms with van der Waals surface area (Å²) in [5, 5.41) is 19.0. The van der Waals surface area contributed by atoms with Crippen molar-refractivity contribution in [1.29, 1.82) is 0 Å². The van der Waals surface area contributed by atoms with Crippen molar-refractivity contribution in [3.8, 4) is 0 Å². The van der Waals surface area contributed by atoms with E-state index in [1.54, 1.807) is 0 Å². The summed E-state index contributed by atoms with van der Waals surface area (Å²) in [6.45, 7) is 4.16. The molecule has 1 heterocycles. The third kappa shape index (κ3) is 5.38. The molecule has 0 aliphatic rings. The van der Waals surface area contributed by atoms with Crippen LogP contribution in [0.1, 0.15) is 45.2 Å². The molecular formula is C13H22N4O3. The van der Waals surface area contributed by atoms with Crippen molar-refractivity contribution >= 4 is 11.9 Å². The van der Waals surface area contributed by atoms with Gasteiger partial charge in [-0.3, -0.25) is 9.59 Å². The van der Waals surface area contributed by atoms with E-state index in [0.29, 0.717) is 5.69 Å². The van der Waals surface area contributed by atoms with Crippen molar-refractivity contribution in [2.24, 2.45) is 5.92 Å². The second-order valence-corrected chi connectivity index (χ2v) is 4.77. The molecule has 1 amide bonds. The number of carbonyl (C=O) groups is 2. The van der Waals surface area contributed by atoms with Gasteiger partial charge in [-0.1, -0.05) is 31.9 Å². The first-order valence-corrected chi connectivity index (χ1v) is 6.95. The van der Waals surface area contributed by atoms with Crippen LogP contribution < -0.4 is 5.32 Å². The van der Waals surface area contributed by atoms with Gasteiger partial charge in [-0.05, 0) is 12.8 Å². The number of nitrogens with zero attached hydrogens (tertiary/aromatic N) is 3. The molecule has 0 aromatic carbocycles. The standard InChI is InChI=1S/C13H22N4O3/c1-3-5-6-10(4-2)13(20)14-7-11-8-17(16-15-11)9-12(18)19/h8,10H,3-7,9H2,1-2H3,(H,14,20)(H,18,19). The van der Waals surface area contributed by atoms with Gasteiger partial charge in [0, 0.05) is 5.92 Å². The molecule has 0 saturated heterocycles. The summed E-state index contributed by atoms with van der Waals surface area (Å²) in [4.78, 5) is 22.5. The fourth-order valence-electron chi connectivity index (χ4n) is 1.93. The van der Waals surface area contributed by atoms with Gasteiger partial charge in [0.05, 0.1) is 12.7 Å². The minimum Gasteiger partial charge on any atom is -0.480 e. The van der Waals surface area contributed by atoms with Crippen molar-refractivity contribution in [1.82, 2.24) is 20.3 Å². The topological polar surface area (TPSA) is 97.1 Å². The van der Waals surface area contributed by atoms with Crippen LogP contribution in [0, 0.1) is 5.92 Å². The molecule has 1 unspecified atom stereocenters. The molecule has 0 bridgehead atoms. The average molecular weight is 282 g/mol. The van der Waals surface area contributed by atoms with Crippen molar-refractivity contribution < 1.29 is 14.7 Å². The van der Waals surface area contributed by atoms with E-state index in [-0.39, 0.29) is 24.9 Å². The quantitative estimate of drug-likeness (QED) is 0.709. The van der Waals surface area contributed by atoms with Gasteiger partial charge in [-0.15, -0.1) is 5.10 Å². The Hall–Kier alpha value is -1.92. The second kappa shape index (κ2) is 8.29. The highest BCUT2D eigenvalue weighted by Gasteiger charge is 2.15. The van der Waals surface area contributed by atoms with Gasteiger partial charge < -0.3 is 10.4 Å². The van der Waals surface area contributed by atoms with Crippen LogP contribution in [0.25, 0.3) is 0 Å². The van der Waals surface area contributed by atoms with E-state index in [9.17, 15) is 9.59 Å². The van der Waals surface area contributed by atoms with Crippen molar-refractivity contribution in [3.63, 3.8) is 0 Å². The van der Waals surface area contributed by atoms with E-state index >= 15 is 0 Å². The minimum atomic E-state index is -0.976. The number of aliphatic carboxylic acids is 1. The van der Waals surface area contributed by atoms with Crippen LogP contribution in [0.2, 0.25) is 0 Å². The minimum absolute atomic E-state index is 0.0220. The third-order valence-corrected chi connectivity index (χ3v) is 3.10. The van der Waals surface area contributed by atoms with Gasteiger partial charge in [-0.2, -0.15) is 0 Å². The maximum Gasteiger partial charge on any atom is 0.325 e. The molecule has 0 saturated carbocycles. The zero-order chi connectivity index (χ0) is 15.0. The number of nitrogens with one attached hydrogen (secondary N) is 1. The summed E-state index contributed by atoms with van der Waals surface area (Å²) in [6, 6.07) is 0. The summed E-state index contributed by atoms with van der Waals surface area (Å²) < 4.78 is 1.23. The van der Waals surface area contributed by atoms with Crippen molar-refractivity contribution in [2.45, 2.75) is 52.6 Å². The zero-order valence-corrected chi connectivity index (χ0v) is 12.0. The Morgan fingerprint density at radius 1 is 1.45 bits per heavy atom. The van der Waals surface area contributed by atoms with E-state index in [4.69, 9.17) is 5.11 Å². The molecule has 2 N–H and O–H groups in total. The molecule has 112 valence electrons. The van der Waals surface area contributed by atoms with Gasteiger partial charge >= 0.3 is 5.97 Å². The lowest BCUT2D eigenvalue weighted by Gasteiger charge is -2.13. The highest BCUT2D eigenvalue weighted by atomic mass is 16.4. The summed E-state index contributed by atoms with van der Waals surface area (Å²) in [5.74, 6) is -0.922. The summed E-state index contributed by atoms with van der Waals surface area (Å²) in [7, 11) is 0. The van der Waals surface area contributed by atoms with E-state index in [0.717, 1.165) is 25.7 Å². The number of hydrogen-bond donors (Lipinski definition) is 2. The molecule has 1 rings (SSSR count).